The van der Waals surface area contributed by atoms with Crippen molar-refractivity contribution in [1.82, 2.24) is 10.2 Å². The van der Waals surface area contributed by atoms with Gasteiger partial charge in [-0.3, -0.25) is 13.9 Å². The van der Waals surface area contributed by atoms with E-state index >= 15 is 0 Å². The van der Waals surface area contributed by atoms with Crippen LogP contribution in [0.25, 0.3) is 0 Å². The molecule has 0 heterocycles. The van der Waals surface area contributed by atoms with Gasteiger partial charge in [0.25, 0.3) is 10.0 Å². The summed E-state index contributed by atoms with van der Waals surface area (Å²) in [6, 6.07) is 26.8. The smallest absolute Gasteiger partial charge is 0.264 e. The van der Waals surface area contributed by atoms with E-state index in [2.05, 4.69) is 5.32 Å². The van der Waals surface area contributed by atoms with E-state index in [1.807, 2.05) is 51.1 Å². The fourth-order valence-electron chi connectivity index (χ4n) is 5.01. The van der Waals surface area contributed by atoms with Crippen molar-refractivity contribution in [2.75, 3.05) is 17.4 Å². The van der Waals surface area contributed by atoms with Crippen LogP contribution in [0.15, 0.2) is 102 Å². The number of carbonyl (C=O) groups is 2. The number of sulfonamides is 1. The lowest BCUT2D eigenvalue weighted by Gasteiger charge is -2.34. The third-order valence-corrected chi connectivity index (χ3v) is 9.80. The van der Waals surface area contributed by atoms with Gasteiger partial charge in [0.1, 0.15) is 12.6 Å². The summed E-state index contributed by atoms with van der Waals surface area (Å²) in [6.45, 7) is 7.52. The van der Waals surface area contributed by atoms with Crippen LogP contribution in [0.5, 0.6) is 0 Å². The minimum atomic E-state index is -4.21. The molecule has 1 unspecified atom stereocenters. The molecule has 0 fully saturated rings. The molecule has 1 atom stereocenters. The predicted octanol–water partition coefficient (Wildman–Crippen LogP) is 7.22. The molecule has 0 saturated carbocycles. The fourth-order valence-corrected chi connectivity index (χ4v) is 6.84. The number of hydrogen-bond acceptors (Lipinski definition) is 4. The van der Waals surface area contributed by atoms with Crippen molar-refractivity contribution in [3.63, 3.8) is 0 Å². The lowest BCUT2D eigenvalue weighted by atomic mass is 10.0. The van der Waals surface area contributed by atoms with Gasteiger partial charge < -0.3 is 10.2 Å². The van der Waals surface area contributed by atoms with Gasteiger partial charge >= 0.3 is 0 Å². The second-order valence-corrected chi connectivity index (χ2v) is 14.5. The molecule has 242 valence electrons. The second kappa shape index (κ2) is 15.6. The molecule has 4 aromatic carbocycles. The Morgan fingerprint density at radius 1 is 0.804 bits per heavy atom. The summed E-state index contributed by atoms with van der Waals surface area (Å²) >= 11 is 12.4. The van der Waals surface area contributed by atoms with Crippen LogP contribution >= 0.6 is 23.2 Å². The Balaban J connectivity index is 1.82. The van der Waals surface area contributed by atoms with Crippen molar-refractivity contribution < 1.29 is 18.0 Å². The summed E-state index contributed by atoms with van der Waals surface area (Å²) in [5, 5.41) is 3.97. The Hall–Kier alpha value is -3.85. The van der Waals surface area contributed by atoms with Gasteiger partial charge in [-0.25, -0.2) is 8.42 Å². The standard InChI is InChI=1S/C36H39Cl2N3O4S/c1-25(2)22-39-36(43)34(21-28-8-6-5-7-9-28)40(23-29-12-14-30(37)15-13-29)35(42)24-41(33-19-16-31(38)20-27(33)4)46(44,45)32-17-10-26(3)11-18-32/h5-20,25,34H,21-24H2,1-4H3,(H,39,43). The first-order valence-electron chi connectivity index (χ1n) is 15.1. The monoisotopic (exact) mass is 679 g/mol. The number of halogens is 2. The second-order valence-electron chi connectivity index (χ2n) is 11.7. The highest BCUT2D eigenvalue weighted by Crippen LogP contribution is 2.30. The van der Waals surface area contributed by atoms with Crippen LogP contribution in [0.2, 0.25) is 10.0 Å². The average molecular weight is 681 g/mol. The molecule has 46 heavy (non-hydrogen) atoms. The summed E-state index contributed by atoms with van der Waals surface area (Å²) in [6.07, 6.45) is 0.231. The van der Waals surface area contributed by atoms with Gasteiger partial charge in [-0.15, -0.1) is 0 Å². The molecule has 0 aromatic heterocycles. The Kier molecular flexibility index (Phi) is 11.9. The first-order chi connectivity index (χ1) is 21.8. The van der Waals surface area contributed by atoms with E-state index in [-0.39, 0.29) is 29.7 Å². The molecule has 4 aromatic rings. The van der Waals surface area contributed by atoms with Crippen LogP contribution in [0.1, 0.15) is 36.1 Å². The first kappa shape index (κ1) is 35.0. The molecule has 0 aliphatic heterocycles. The SMILES string of the molecule is Cc1ccc(S(=O)(=O)N(CC(=O)N(Cc2ccc(Cl)cc2)C(Cc2ccccc2)C(=O)NCC(C)C)c2ccc(Cl)cc2C)cc1. The zero-order chi connectivity index (χ0) is 33.4. The van der Waals surface area contributed by atoms with E-state index in [0.29, 0.717) is 27.8 Å². The normalized spacial score (nSPS) is 12.1. The maximum atomic E-state index is 14.6. The van der Waals surface area contributed by atoms with Gasteiger partial charge in [0, 0.05) is 29.6 Å². The van der Waals surface area contributed by atoms with E-state index in [4.69, 9.17) is 23.2 Å². The maximum absolute atomic E-state index is 14.6. The van der Waals surface area contributed by atoms with E-state index in [1.54, 1.807) is 61.5 Å². The average Bonchev–Trinajstić information content (AvgIpc) is 3.02. The molecule has 10 heteroatoms. The van der Waals surface area contributed by atoms with Gasteiger partial charge in [-0.1, -0.05) is 97.2 Å². The molecule has 0 radical (unpaired) electrons. The van der Waals surface area contributed by atoms with Gasteiger partial charge in [0.2, 0.25) is 11.8 Å². The van der Waals surface area contributed by atoms with Crippen LogP contribution in [0, 0.1) is 19.8 Å². The van der Waals surface area contributed by atoms with Crippen molar-refractivity contribution >= 4 is 50.7 Å². The number of nitrogens with one attached hydrogen (secondary N) is 1. The van der Waals surface area contributed by atoms with Gasteiger partial charge in [0.05, 0.1) is 10.6 Å². The number of aryl methyl sites for hydroxylation is 2. The third kappa shape index (κ3) is 9.12. The van der Waals surface area contributed by atoms with E-state index in [0.717, 1.165) is 21.0 Å². The summed E-state index contributed by atoms with van der Waals surface area (Å²) in [4.78, 5) is 29.9. The van der Waals surface area contributed by atoms with Crippen molar-refractivity contribution in [2.45, 2.75) is 51.6 Å². The van der Waals surface area contributed by atoms with E-state index < -0.39 is 28.5 Å². The predicted molar refractivity (Wildman–Crippen MR) is 186 cm³/mol. The van der Waals surface area contributed by atoms with Gasteiger partial charge in [-0.2, -0.15) is 0 Å². The van der Waals surface area contributed by atoms with Crippen molar-refractivity contribution in [1.29, 1.82) is 0 Å². The minimum Gasteiger partial charge on any atom is -0.354 e. The maximum Gasteiger partial charge on any atom is 0.264 e. The molecule has 0 bridgehead atoms. The molecule has 2 amide bonds. The number of carbonyl (C=O) groups excluding carboxylic acids is 2. The highest BCUT2D eigenvalue weighted by Gasteiger charge is 2.35. The zero-order valence-electron chi connectivity index (χ0n) is 26.4. The van der Waals surface area contributed by atoms with Crippen LogP contribution in [-0.2, 0) is 32.6 Å². The molecular weight excluding hydrogens is 641 g/mol. The third-order valence-electron chi connectivity index (χ3n) is 7.54. The number of rotatable bonds is 13. The Morgan fingerprint density at radius 2 is 1.43 bits per heavy atom. The molecule has 0 aliphatic rings. The number of amides is 2. The van der Waals surface area contributed by atoms with Crippen LogP contribution in [-0.4, -0.2) is 44.3 Å². The Bertz CT molecular complexity index is 1750. The largest absolute Gasteiger partial charge is 0.354 e. The summed E-state index contributed by atoms with van der Waals surface area (Å²) in [7, 11) is -4.21. The number of benzene rings is 4. The molecular formula is C36H39Cl2N3O4S. The zero-order valence-corrected chi connectivity index (χ0v) is 28.7. The van der Waals surface area contributed by atoms with Crippen molar-refractivity contribution in [3.05, 3.63) is 129 Å². The molecule has 0 spiro atoms. The van der Waals surface area contributed by atoms with E-state index in [1.165, 1.54) is 17.0 Å². The number of anilines is 1. The Labute approximate surface area is 282 Å². The van der Waals surface area contributed by atoms with Crippen LogP contribution in [0.4, 0.5) is 5.69 Å². The van der Waals surface area contributed by atoms with E-state index in [9.17, 15) is 18.0 Å². The van der Waals surface area contributed by atoms with Crippen LogP contribution < -0.4 is 9.62 Å². The van der Waals surface area contributed by atoms with Crippen molar-refractivity contribution in [2.24, 2.45) is 5.92 Å². The van der Waals surface area contributed by atoms with Crippen molar-refractivity contribution in [3.8, 4) is 0 Å². The minimum absolute atomic E-state index is 0.0417. The molecule has 0 saturated heterocycles. The number of hydrogen-bond donors (Lipinski definition) is 1. The summed E-state index contributed by atoms with van der Waals surface area (Å²) in [5.74, 6) is -0.680. The fraction of sp³-hybridized carbons (Fsp3) is 0.278. The molecule has 0 aliphatic carbocycles. The van der Waals surface area contributed by atoms with Crippen LogP contribution in [0.3, 0.4) is 0 Å². The topological polar surface area (TPSA) is 86.8 Å². The first-order valence-corrected chi connectivity index (χ1v) is 17.3. The Morgan fingerprint density at radius 3 is 2.04 bits per heavy atom. The highest BCUT2D eigenvalue weighted by molar-refractivity contribution is 7.92. The highest BCUT2D eigenvalue weighted by atomic mass is 35.5. The lowest BCUT2D eigenvalue weighted by molar-refractivity contribution is -0.140. The summed E-state index contributed by atoms with van der Waals surface area (Å²) < 4.78 is 29.6. The molecule has 1 N–H and O–H groups in total. The molecule has 4 rings (SSSR count). The van der Waals surface area contributed by atoms with Gasteiger partial charge in [-0.05, 0) is 78.9 Å². The molecule has 7 nitrogen and oxygen atoms in total. The summed E-state index contributed by atoms with van der Waals surface area (Å²) in [5.41, 5.74) is 3.39. The quantitative estimate of drug-likeness (QED) is 0.162. The lowest BCUT2D eigenvalue weighted by Crippen LogP contribution is -2.53. The number of nitrogens with zero attached hydrogens (tertiary/aromatic N) is 2. The van der Waals surface area contributed by atoms with Gasteiger partial charge in [0.15, 0.2) is 0 Å².